The first-order chi connectivity index (χ1) is 9.09. The minimum atomic E-state index is -0.499. The fraction of sp³-hybridized carbons (Fsp3) is 1.00. The number of hydrogen-bond acceptors (Lipinski definition) is 3. The van der Waals surface area contributed by atoms with Gasteiger partial charge in [-0.1, -0.05) is 19.3 Å². The third kappa shape index (κ3) is 3.14. The molecular formula is C16H29NO2. The van der Waals surface area contributed by atoms with E-state index >= 15 is 0 Å². The predicted octanol–water partition coefficient (Wildman–Crippen LogP) is 2.89. The summed E-state index contributed by atoms with van der Waals surface area (Å²) in [6.07, 6.45) is 13.7. The maximum Gasteiger partial charge on any atom is 0.0687 e. The minimum Gasteiger partial charge on any atom is -0.390 e. The third-order valence-corrected chi connectivity index (χ3v) is 5.67. The number of aliphatic hydroxyl groups is 1. The molecule has 2 aliphatic carbocycles. The van der Waals surface area contributed by atoms with Gasteiger partial charge in [0.1, 0.15) is 0 Å². The Labute approximate surface area is 116 Å². The molecule has 1 aliphatic heterocycles. The highest BCUT2D eigenvalue weighted by Crippen LogP contribution is 2.44. The molecule has 3 fully saturated rings. The summed E-state index contributed by atoms with van der Waals surface area (Å²) in [7, 11) is 0. The maximum absolute atomic E-state index is 10.7. The Kier molecular flexibility index (Phi) is 3.89. The maximum atomic E-state index is 10.7. The van der Waals surface area contributed by atoms with Crippen LogP contribution in [0.1, 0.15) is 77.0 Å². The zero-order chi connectivity index (χ0) is 13.3. The molecule has 1 atom stereocenters. The Morgan fingerprint density at radius 1 is 0.947 bits per heavy atom. The first-order valence-corrected chi connectivity index (χ1v) is 8.25. The van der Waals surface area contributed by atoms with Gasteiger partial charge in [0, 0.05) is 12.5 Å². The largest absolute Gasteiger partial charge is 0.390 e. The molecule has 3 nitrogen and oxygen atoms in total. The summed E-state index contributed by atoms with van der Waals surface area (Å²) in [4.78, 5) is 0. The highest BCUT2D eigenvalue weighted by atomic mass is 16.5. The van der Waals surface area contributed by atoms with Crippen LogP contribution >= 0.6 is 0 Å². The second-order valence-corrected chi connectivity index (χ2v) is 7.29. The summed E-state index contributed by atoms with van der Waals surface area (Å²) in [6, 6.07) is 0.300. The monoisotopic (exact) mass is 267 g/mol. The lowest BCUT2D eigenvalue weighted by Gasteiger charge is -2.38. The summed E-state index contributed by atoms with van der Waals surface area (Å²) in [6.45, 7) is 0. The number of hydrogen-bond donors (Lipinski definition) is 2. The van der Waals surface area contributed by atoms with E-state index in [1.54, 1.807) is 0 Å². The van der Waals surface area contributed by atoms with Gasteiger partial charge in [-0.15, -0.1) is 0 Å². The Hall–Kier alpha value is -0.120. The molecule has 1 saturated heterocycles. The first-order valence-electron chi connectivity index (χ1n) is 8.25. The van der Waals surface area contributed by atoms with Crippen LogP contribution in [0.5, 0.6) is 0 Å². The fourth-order valence-corrected chi connectivity index (χ4v) is 4.41. The van der Waals surface area contributed by atoms with E-state index in [4.69, 9.17) is 10.5 Å². The van der Waals surface area contributed by atoms with E-state index in [0.29, 0.717) is 6.04 Å². The van der Waals surface area contributed by atoms with Crippen molar-refractivity contribution in [2.75, 3.05) is 0 Å². The van der Waals surface area contributed by atoms with Gasteiger partial charge in [-0.3, -0.25) is 0 Å². The lowest BCUT2D eigenvalue weighted by atomic mass is 9.78. The Morgan fingerprint density at radius 2 is 1.63 bits per heavy atom. The van der Waals surface area contributed by atoms with Crippen molar-refractivity contribution < 1.29 is 9.84 Å². The second kappa shape index (κ2) is 5.34. The summed E-state index contributed by atoms with van der Waals surface area (Å²) in [5, 5.41) is 10.7. The Bertz CT molecular complexity index is 304. The van der Waals surface area contributed by atoms with Crippen LogP contribution in [0.15, 0.2) is 0 Å². The number of nitrogens with two attached hydrogens (primary N) is 1. The molecule has 0 aromatic rings. The van der Waals surface area contributed by atoms with E-state index in [9.17, 15) is 5.11 Å². The molecule has 0 aromatic heterocycles. The van der Waals surface area contributed by atoms with Crippen molar-refractivity contribution in [1.29, 1.82) is 0 Å². The molecule has 110 valence electrons. The van der Waals surface area contributed by atoms with E-state index in [0.717, 1.165) is 38.5 Å². The Balaban J connectivity index is 1.54. The highest BCUT2D eigenvalue weighted by molar-refractivity contribution is 4.95. The van der Waals surface area contributed by atoms with Gasteiger partial charge in [0.25, 0.3) is 0 Å². The molecule has 3 rings (SSSR count). The summed E-state index contributed by atoms with van der Waals surface area (Å²) in [5.41, 5.74) is 5.62. The summed E-state index contributed by atoms with van der Waals surface area (Å²) >= 11 is 0. The van der Waals surface area contributed by atoms with Crippen LogP contribution in [0.25, 0.3) is 0 Å². The fourth-order valence-electron chi connectivity index (χ4n) is 4.41. The van der Waals surface area contributed by atoms with Crippen molar-refractivity contribution in [3.8, 4) is 0 Å². The minimum absolute atomic E-state index is 0.185. The second-order valence-electron chi connectivity index (χ2n) is 7.29. The smallest absolute Gasteiger partial charge is 0.0687 e. The lowest BCUT2D eigenvalue weighted by molar-refractivity contribution is -0.101. The molecule has 1 unspecified atom stereocenters. The van der Waals surface area contributed by atoms with Gasteiger partial charge in [0.05, 0.1) is 17.3 Å². The molecule has 1 spiro atoms. The highest BCUT2D eigenvalue weighted by Gasteiger charge is 2.44. The van der Waals surface area contributed by atoms with Crippen LogP contribution in [-0.2, 0) is 4.74 Å². The molecule has 2 saturated carbocycles. The summed E-state index contributed by atoms with van der Waals surface area (Å²) in [5.74, 6) is 0. The van der Waals surface area contributed by atoms with E-state index < -0.39 is 5.60 Å². The van der Waals surface area contributed by atoms with E-state index in [1.165, 1.54) is 38.5 Å². The van der Waals surface area contributed by atoms with Crippen LogP contribution in [0.4, 0.5) is 0 Å². The van der Waals surface area contributed by atoms with Crippen molar-refractivity contribution in [2.45, 2.75) is 100 Å². The lowest BCUT2D eigenvalue weighted by Crippen LogP contribution is -2.42. The molecule has 3 N–H and O–H groups in total. The van der Waals surface area contributed by atoms with Crippen LogP contribution < -0.4 is 5.73 Å². The van der Waals surface area contributed by atoms with Gasteiger partial charge < -0.3 is 15.6 Å². The zero-order valence-electron chi connectivity index (χ0n) is 12.1. The molecule has 0 bridgehead atoms. The first kappa shape index (κ1) is 13.8. The van der Waals surface area contributed by atoms with Gasteiger partial charge in [-0.05, 0) is 51.4 Å². The molecular weight excluding hydrogens is 238 g/mol. The number of ether oxygens (including phenoxy) is 1. The number of rotatable bonds is 2. The third-order valence-electron chi connectivity index (χ3n) is 5.67. The topological polar surface area (TPSA) is 55.5 Å². The van der Waals surface area contributed by atoms with Crippen molar-refractivity contribution in [2.24, 2.45) is 5.73 Å². The quantitative estimate of drug-likeness (QED) is 0.809. The molecule has 19 heavy (non-hydrogen) atoms. The van der Waals surface area contributed by atoms with Crippen molar-refractivity contribution >= 4 is 0 Å². The molecule has 0 radical (unpaired) electrons. The van der Waals surface area contributed by atoms with Gasteiger partial charge in [-0.25, -0.2) is 0 Å². The molecule has 3 aliphatic rings. The Morgan fingerprint density at radius 3 is 2.32 bits per heavy atom. The average molecular weight is 267 g/mol. The van der Waals surface area contributed by atoms with Crippen LogP contribution in [-0.4, -0.2) is 28.5 Å². The van der Waals surface area contributed by atoms with Crippen LogP contribution in [0.2, 0.25) is 0 Å². The van der Waals surface area contributed by atoms with Crippen LogP contribution in [0.3, 0.4) is 0 Å². The molecule has 0 aromatic carbocycles. The van der Waals surface area contributed by atoms with E-state index in [-0.39, 0.29) is 11.7 Å². The zero-order valence-corrected chi connectivity index (χ0v) is 12.1. The standard InChI is InChI=1S/C16H29NO2/c17-13-4-9-15(18,10-5-13)12-14-6-11-16(19-14)7-2-1-3-8-16/h13-14,18H,1-12,17H2. The van der Waals surface area contributed by atoms with Crippen LogP contribution in [0, 0.1) is 0 Å². The predicted molar refractivity (Wildman–Crippen MR) is 75.9 cm³/mol. The summed E-state index contributed by atoms with van der Waals surface area (Å²) < 4.78 is 6.39. The molecule has 3 heteroatoms. The van der Waals surface area contributed by atoms with Crippen molar-refractivity contribution in [1.82, 2.24) is 0 Å². The van der Waals surface area contributed by atoms with Gasteiger partial charge >= 0.3 is 0 Å². The van der Waals surface area contributed by atoms with E-state index in [2.05, 4.69) is 0 Å². The average Bonchev–Trinajstić information content (AvgIpc) is 2.77. The molecule has 1 heterocycles. The van der Waals surface area contributed by atoms with Gasteiger partial charge in [0.2, 0.25) is 0 Å². The normalized spacial score (nSPS) is 42.6. The van der Waals surface area contributed by atoms with Crippen molar-refractivity contribution in [3.63, 3.8) is 0 Å². The molecule has 0 amide bonds. The van der Waals surface area contributed by atoms with E-state index in [1.807, 2.05) is 0 Å². The van der Waals surface area contributed by atoms with Gasteiger partial charge in [-0.2, -0.15) is 0 Å². The SMILES string of the molecule is NC1CCC(O)(CC2CCC3(CCCCC3)O2)CC1. The van der Waals surface area contributed by atoms with Gasteiger partial charge in [0.15, 0.2) is 0 Å². The van der Waals surface area contributed by atoms with Crippen molar-refractivity contribution in [3.05, 3.63) is 0 Å².